The maximum Gasteiger partial charge on any atom is 0.289 e. The fraction of sp³-hybridized carbons (Fsp3) is 0.389. The van der Waals surface area contributed by atoms with Crippen molar-refractivity contribution in [3.05, 3.63) is 54.5 Å². The molecule has 1 amide bonds. The van der Waals surface area contributed by atoms with Crippen molar-refractivity contribution in [1.29, 1.82) is 0 Å². The van der Waals surface area contributed by atoms with E-state index in [2.05, 4.69) is 0 Å². The number of hydrogen-bond acceptors (Lipinski definition) is 4. The number of rotatable bonds is 6. The van der Waals surface area contributed by atoms with Crippen LogP contribution in [0.15, 0.2) is 53.1 Å². The molecule has 23 heavy (non-hydrogen) atoms. The van der Waals surface area contributed by atoms with E-state index in [1.165, 1.54) is 6.26 Å². The molecule has 1 aliphatic rings. The largest absolute Gasteiger partial charge is 0.491 e. The van der Waals surface area contributed by atoms with Crippen molar-refractivity contribution in [2.45, 2.75) is 18.9 Å². The fourth-order valence-electron chi connectivity index (χ4n) is 2.67. The standard InChI is InChI=1S/C18H21NO4/c20-18(17-7-4-12-23-17)19-10-8-16(9-11-19)22-14-13-21-15-5-2-1-3-6-15/h1-7,12,16H,8-11,13-14H2. The summed E-state index contributed by atoms with van der Waals surface area (Å²) in [6, 6.07) is 13.1. The Bertz CT molecular complexity index is 589. The number of nitrogens with zero attached hydrogens (tertiary/aromatic N) is 1. The van der Waals surface area contributed by atoms with Gasteiger partial charge in [0.1, 0.15) is 12.4 Å². The van der Waals surface area contributed by atoms with Crippen LogP contribution < -0.4 is 4.74 Å². The molecule has 5 nitrogen and oxygen atoms in total. The van der Waals surface area contributed by atoms with Crippen LogP contribution in [0.1, 0.15) is 23.4 Å². The molecule has 2 heterocycles. The third kappa shape index (κ3) is 4.36. The second kappa shape index (κ2) is 7.83. The number of amides is 1. The topological polar surface area (TPSA) is 51.9 Å². The highest BCUT2D eigenvalue weighted by molar-refractivity contribution is 5.91. The first kappa shape index (κ1) is 15.6. The molecule has 1 aliphatic heterocycles. The van der Waals surface area contributed by atoms with Crippen LogP contribution >= 0.6 is 0 Å². The average molecular weight is 315 g/mol. The lowest BCUT2D eigenvalue weighted by molar-refractivity contribution is -0.00297. The van der Waals surface area contributed by atoms with Crippen molar-refractivity contribution in [2.24, 2.45) is 0 Å². The Labute approximate surface area is 135 Å². The minimum absolute atomic E-state index is 0.0409. The molecule has 3 rings (SSSR count). The highest BCUT2D eigenvalue weighted by Gasteiger charge is 2.25. The zero-order chi connectivity index (χ0) is 15.9. The Kier molecular flexibility index (Phi) is 5.32. The average Bonchev–Trinajstić information content (AvgIpc) is 3.14. The van der Waals surface area contributed by atoms with Crippen molar-refractivity contribution >= 4 is 5.91 Å². The number of benzene rings is 1. The van der Waals surface area contributed by atoms with Crippen molar-refractivity contribution in [1.82, 2.24) is 4.90 Å². The number of piperidine rings is 1. The third-order valence-corrected chi connectivity index (χ3v) is 3.91. The summed E-state index contributed by atoms with van der Waals surface area (Å²) in [6.45, 7) is 2.49. The summed E-state index contributed by atoms with van der Waals surface area (Å²) in [5, 5.41) is 0. The van der Waals surface area contributed by atoms with Gasteiger partial charge in [0.2, 0.25) is 0 Å². The number of para-hydroxylation sites is 1. The van der Waals surface area contributed by atoms with Gasteiger partial charge in [-0.15, -0.1) is 0 Å². The molecule has 0 unspecified atom stereocenters. The lowest BCUT2D eigenvalue weighted by Gasteiger charge is -2.31. The van der Waals surface area contributed by atoms with Crippen molar-refractivity contribution in [3.8, 4) is 5.75 Å². The summed E-state index contributed by atoms with van der Waals surface area (Å²) in [5.74, 6) is 1.22. The number of likely N-dealkylation sites (tertiary alicyclic amines) is 1. The van der Waals surface area contributed by atoms with E-state index in [0.717, 1.165) is 18.6 Å². The molecule has 0 atom stereocenters. The monoisotopic (exact) mass is 315 g/mol. The summed E-state index contributed by atoms with van der Waals surface area (Å²) in [5.41, 5.74) is 0. The number of furan rings is 1. The minimum atomic E-state index is -0.0409. The molecular formula is C18H21NO4. The molecule has 0 N–H and O–H groups in total. The molecule has 1 aromatic heterocycles. The SMILES string of the molecule is O=C(c1ccco1)N1CCC(OCCOc2ccccc2)CC1. The first-order chi connectivity index (χ1) is 11.3. The highest BCUT2D eigenvalue weighted by atomic mass is 16.5. The molecular weight excluding hydrogens is 294 g/mol. The van der Waals surface area contributed by atoms with Crippen LogP contribution in [0.25, 0.3) is 0 Å². The molecule has 1 aromatic carbocycles. The van der Waals surface area contributed by atoms with E-state index in [1.54, 1.807) is 12.1 Å². The van der Waals surface area contributed by atoms with Crippen molar-refractivity contribution < 1.29 is 18.7 Å². The van der Waals surface area contributed by atoms with Crippen molar-refractivity contribution in [3.63, 3.8) is 0 Å². The second-order valence-electron chi connectivity index (χ2n) is 5.50. The van der Waals surface area contributed by atoms with E-state index >= 15 is 0 Å². The van der Waals surface area contributed by atoms with Gasteiger partial charge in [-0.2, -0.15) is 0 Å². The Morgan fingerprint density at radius 3 is 2.57 bits per heavy atom. The maximum absolute atomic E-state index is 12.2. The van der Waals surface area contributed by atoms with E-state index in [9.17, 15) is 4.79 Å². The van der Waals surface area contributed by atoms with E-state index in [0.29, 0.717) is 32.1 Å². The van der Waals surface area contributed by atoms with Gasteiger partial charge < -0.3 is 18.8 Å². The van der Waals surface area contributed by atoms with Crippen LogP contribution in [0, 0.1) is 0 Å². The number of ether oxygens (including phenoxy) is 2. The molecule has 5 heteroatoms. The van der Waals surface area contributed by atoms with Crippen LogP contribution in [0.5, 0.6) is 5.75 Å². The van der Waals surface area contributed by atoms with Crippen LogP contribution in [-0.4, -0.2) is 43.2 Å². The number of carbonyl (C=O) groups is 1. The molecule has 0 saturated carbocycles. The van der Waals surface area contributed by atoms with E-state index in [4.69, 9.17) is 13.9 Å². The quantitative estimate of drug-likeness (QED) is 0.769. The van der Waals surface area contributed by atoms with Gasteiger partial charge in [-0.25, -0.2) is 0 Å². The van der Waals surface area contributed by atoms with Crippen LogP contribution in [0.2, 0.25) is 0 Å². The van der Waals surface area contributed by atoms with Gasteiger partial charge in [-0.05, 0) is 37.1 Å². The Morgan fingerprint density at radius 1 is 1.09 bits per heavy atom. The summed E-state index contributed by atoms with van der Waals surface area (Å²) >= 11 is 0. The summed E-state index contributed by atoms with van der Waals surface area (Å²) in [6.07, 6.45) is 3.40. The van der Waals surface area contributed by atoms with Crippen LogP contribution in [0.4, 0.5) is 0 Å². The van der Waals surface area contributed by atoms with Gasteiger partial charge in [-0.3, -0.25) is 4.79 Å². The molecule has 122 valence electrons. The van der Waals surface area contributed by atoms with Crippen LogP contribution in [0.3, 0.4) is 0 Å². The van der Waals surface area contributed by atoms with Gasteiger partial charge in [-0.1, -0.05) is 18.2 Å². The maximum atomic E-state index is 12.2. The first-order valence-electron chi connectivity index (χ1n) is 7.95. The van der Waals surface area contributed by atoms with Gasteiger partial charge >= 0.3 is 0 Å². The molecule has 2 aromatic rings. The molecule has 0 radical (unpaired) electrons. The summed E-state index contributed by atoms with van der Waals surface area (Å²) < 4.78 is 16.6. The zero-order valence-electron chi connectivity index (χ0n) is 13.0. The summed E-state index contributed by atoms with van der Waals surface area (Å²) in [7, 11) is 0. The number of carbonyl (C=O) groups excluding carboxylic acids is 1. The van der Waals surface area contributed by atoms with Gasteiger partial charge in [0.25, 0.3) is 5.91 Å². The molecule has 1 fully saturated rings. The Morgan fingerprint density at radius 2 is 1.87 bits per heavy atom. The van der Waals surface area contributed by atoms with E-state index in [-0.39, 0.29) is 12.0 Å². The van der Waals surface area contributed by atoms with Crippen molar-refractivity contribution in [2.75, 3.05) is 26.3 Å². The Balaban J connectivity index is 1.34. The van der Waals surface area contributed by atoms with Gasteiger partial charge in [0, 0.05) is 13.1 Å². The number of hydrogen-bond donors (Lipinski definition) is 0. The van der Waals surface area contributed by atoms with E-state index in [1.807, 2.05) is 35.2 Å². The highest BCUT2D eigenvalue weighted by Crippen LogP contribution is 2.17. The zero-order valence-corrected chi connectivity index (χ0v) is 13.0. The van der Waals surface area contributed by atoms with Gasteiger partial charge in [0.05, 0.1) is 19.0 Å². The third-order valence-electron chi connectivity index (χ3n) is 3.91. The lowest BCUT2D eigenvalue weighted by Crippen LogP contribution is -2.41. The van der Waals surface area contributed by atoms with Gasteiger partial charge in [0.15, 0.2) is 5.76 Å². The Hall–Kier alpha value is -2.27. The molecule has 0 bridgehead atoms. The summed E-state index contributed by atoms with van der Waals surface area (Å²) in [4.78, 5) is 14.0. The predicted molar refractivity (Wildman–Crippen MR) is 85.5 cm³/mol. The molecule has 0 spiro atoms. The lowest BCUT2D eigenvalue weighted by atomic mass is 10.1. The molecule has 1 saturated heterocycles. The normalized spacial score (nSPS) is 15.6. The molecule has 0 aliphatic carbocycles. The van der Waals surface area contributed by atoms with Crippen LogP contribution in [-0.2, 0) is 4.74 Å². The second-order valence-corrected chi connectivity index (χ2v) is 5.50. The van der Waals surface area contributed by atoms with E-state index < -0.39 is 0 Å². The predicted octanol–water partition coefficient (Wildman–Crippen LogP) is 2.98. The smallest absolute Gasteiger partial charge is 0.289 e. The fourth-order valence-corrected chi connectivity index (χ4v) is 2.67. The minimum Gasteiger partial charge on any atom is -0.491 e. The first-order valence-corrected chi connectivity index (χ1v) is 7.95.